The van der Waals surface area contributed by atoms with Gasteiger partial charge in [0.05, 0.1) is 11.8 Å². The molecule has 21 heavy (non-hydrogen) atoms. The lowest BCUT2D eigenvalue weighted by molar-refractivity contribution is -0.146. The van der Waals surface area contributed by atoms with Gasteiger partial charge < -0.3 is 10.4 Å². The van der Waals surface area contributed by atoms with Gasteiger partial charge >= 0.3 is 5.97 Å². The summed E-state index contributed by atoms with van der Waals surface area (Å²) in [5, 5.41) is 12.3. The van der Waals surface area contributed by atoms with Crippen LogP contribution in [0.4, 0.5) is 0 Å². The average molecular weight is 295 g/mol. The summed E-state index contributed by atoms with van der Waals surface area (Å²) in [6, 6.07) is 0. The van der Waals surface area contributed by atoms with Gasteiger partial charge in [-0.25, -0.2) is 0 Å². The van der Waals surface area contributed by atoms with Crippen LogP contribution in [0, 0.1) is 23.7 Å². The first kappa shape index (κ1) is 16.3. The van der Waals surface area contributed by atoms with E-state index in [-0.39, 0.29) is 11.8 Å². The highest BCUT2D eigenvalue weighted by Crippen LogP contribution is 2.38. The topological polar surface area (TPSA) is 66.4 Å². The van der Waals surface area contributed by atoms with Crippen molar-refractivity contribution in [3.05, 3.63) is 0 Å². The van der Waals surface area contributed by atoms with E-state index < -0.39 is 11.9 Å². The molecule has 4 heteroatoms. The van der Waals surface area contributed by atoms with Crippen molar-refractivity contribution >= 4 is 11.9 Å². The minimum absolute atomic E-state index is 0.0372. The number of nitrogens with one attached hydrogen (secondary N) is 1. The maximum Gasteiger partial charge on any atom is 0.307 e. The molecular formula is C17H29NO3. The summed E-state index contributed by atoms with van der Waals surface area (Å²) in [6.07, 6.45) is 9.99. The highest BCUT2D eigenvalue weighted by molar-refractivity contribution is 5.85. The molecule has 2 fully saturated rings. The molecule has 2 N–H and O–H groups in total. The number of carboxylic acids is 1. The van der Waals surface area contributed by atoms with E-state index in [1.807, 2.05) is 0 Å². The number of rotatable bonds is 7. The van der Waals surface area contributed by atoms with Crippen LogP contribution in [0.3, 0.4) is 0 Å². The molecule has 0 saturated heterocycles. The van der Waals surface area contributed by atoms with Crippen LogP contribution in [0.5, 0.6) is 0 Å². The molecule has 2 aliphatic carbocycles. The van der Waals surface area contributed by atoms with E-state index in [4.69, 9.17) is 0 Å². The summed E-state index contributed by atoms with van der Waals surface area (Å²) in [6.45, 7) is 2.78. The Labute approximate surface area is 127 Å². The Morgan fingerprint density at radius 2 is 1.76 bits per heavy atom. The Morgan fingerprint density at radius 1 is 1.10 bits per heavy atom. The van der Waals surface area contributed by atoms with Crippen LogP contribution >= 0.6 is 0 Å². The fourth-order valence-electron chi connectivity index (χ4n) is 4.07. The van der Waals surface area contributed by atoms with Gasteiger partial charge in [0, 0.05) is 6.54 Å². The van der Waals surface area contributed by atoms with Gasteiger partial charge in [0.1, 0.15) is 0 Å². The highest BCUT2D eigenvalue weighted by Gasteiger charge is 2.41. The molecule has 120 valence electrons. The van der Waals surface area contributed by atoms with Crippen molar-refractivity contribution in [3.63, 3.8) is 0 Å². The zero-order chi connectivity index (χ0) is 15.2. The Bertz CT molecular complexity index is 363. The highest BCUT2D eigenvalue weighted by atomic mass is 16.4. The number of aliphatic carboxylic acids is 1. The largest absolute Gasteiger partial charge is 0.481 e. The molecule has 0 heterocycles. The first-order chi connectivity index (χ1) is 10.1. The Kier molecular flexibility index (Phi) is 6.07. The van der Waals surface area contributed by atoms with E-state index in [9.17, 15) is 14.7 Å². The molecule has 0 aromatic heterocycles. The minimum Gasteiger partial charge on any atom is -0.481 e. The number of carbonyl (C=O) groups excluding carboxylic acids is 1. The molecule has 3 atom stereocenters. The van der Waals surface area contributed by atoms with E-state index in [0.29, 0.717) is 18.9 Å². The number of carbonyl (C=O) groups is 2. The van der Waals surface area contributed by atoms with Gasteiger partial charge in [0.15, 0.2) is 0 Å². The quantitative estimate of drug-likeness (QED) is 0.709. The normalized spacial score (nSPS) is 29.7. The summed E-state index contributed by atoms with van der Waals surface area (Å²) in [7, 11) is 0. The summed E-state index contributed by atoms with van der Waals surface area (Å²) in [5.41, 5.74) is 0. The molecule has 0 aliphatic heterocycles. The van der Waals surface area contributed by atoms with Gasteiger partial charge in [-0.15, -0.1) is 0 Å². The minimum atomic E-state index is -0.808. The van der Waals surface area contributed by atoms with Gasteiger partial charge in [-0.3, -0.25) is 9.59 Å². The molecular weight excluding hydrogens is 266 g/mol. The van der Waals surface area contributed by atoms with Crippen LogP contribution in [0.25, 0.3) is 0 Å². The second-order valence-corrected chi connectivity index (χ2v) is 6.88. The lowest BCUT2D eigenvalue weighted by Crippen LogP contribution is -2.35. The van der Waals surface area contributed by atoms with Gasteiger partial charge in [-0.05, 0) is 37.5 Å². The maximum absolute atomic E-state index is 12.2. The third-order valence-electron chi connectivity index (χ3n) is 5.45. The van der Waals surface area contributed by atoms with Crippen LogP contribution < -0.4 is 5.32 Å². The Balaban J connectivity index is 1.72. The third-order valence-corrected chi connectivity index (χ3v) is 5.45. The monoisotopic (exact) mass is 295 g/mol. The van der Waals surface area contributed by atoms with Crippen molar-refractivity contribution in [2.75, 3.05) is 6.54 Å². The van der Waals surface area contributed by atoms with E-state index in [1.54, 1.807) is 0 Å². The molecule has 1 unspecified atom stereocenters. The smallest absolute Gasteiger partial charge is 0.307 e. The molecule has 2 aliphatic rings. The van der Waals surface area contributed by atoms with Gasteiger partial charge in [-0.1, -0.05) is 39.0 Å². The average Bonchev–Trinajstić information content (AvgIpc) is 3.12. The molecule has 0 spiro atoms. The summed E-state index contributed by atoms with van der Waals surface area (Å²) in [5.74, 6) is -0.407. The van der Waals surface area contributed by atoms with Crippen molar-refractivity contribution in [1.29, 1.82) is 0 Å². The predicted molar refractivity (Wildman–Crippen MR) is 81.8 cm³/mol. The molecule has 4 nitrogen and oxygen atoms in total. The fraction of sp³-hybridized carbons (Fsp3) is 0.882. The number of amides is 1. The second-order valence-electron chi connectivity index (χ2n) is 6.88. The summed E-state index contributed by atoms with van der Waals surface area (Å²) in [4.78, 5) is 23.5. The second kappa shape index (κ2) is 7.81. The Morgan fingerprint density at radius 3 is 2.38 bits per heavy atom. The molecule has 0 radical (unpaired) electrons. The van der Waals surface area contributed by atoms with E-state index in [0.717, 1.165) is 25.2 Å². The van der Waals surface area contributed by atoms with Crippen molar-refractivity contribution in [2.45, 2.75) is 64.7 Å². The lowest BCUT2D eigenvalue weighted by atomic mass is 9.95. The van der Waals surface area contributed by atoms with Crippen molar-refractivity contribution in [3.8, 4) is 0 Å². The van der Waals surface area contributed by atoms with Crippen LogP contribution in [-0.4, -0.2) is 23.5 Å². The summed E-state index contributed by atoms with van der Waals surface area (Å²) >= 11 is 0. The fourth-order valence-corrected chi connectivity index (χ4v) is 4.07. The Hall–Kier alpha value is -1.06. The van der Waals surface area contributed by atoms with E-state index >= 15 is 0 Å². The zero-order valence-electron chi connectivity index (χ0n) is 13.1. The molecule has 0 aromatic carbocycles. The van der Waals surface area contributed by atoms with Crippen molar-refractivity contribution < 1.29 is 14.7 Å². The third kappa shape index (κ3) is 4.45. The van der Waals surface area contributed by atoms with Crippen LogP contribution in [-0.2, 0) is 9.59 Å². The molecule has 2 rings (SSSR count). The number of hydrogen-bond donors (Lipinski definition) is 2. The molecule has 0 aromatic rings. The molecule has 2 saturated carbocycles. The van der Waals surface area contributed by atoms with Crippen molar-refractivity contribution in [2.24, 2.45) is 23.7 Å². The van der Waals surface area contributed by atoms with Crippen molar-refractivity contribution in [1.82, 2.24) is 5.32 Å². The van der Waals surface area contributed by atoms with E-state index in [2.05, 4.69) is 12.2 Å². The van der Waals surface area contributed by atoms with Gasteiger partial charge in [0.25, 0.3) is 0 Å². The maximum atomic E-state index is 12.2. The number of carboxylic acid groups (broad SMARTS) is 1. The van der Waals surface area contributed by atoms with Gasteiger partial charge in [0.2, 0.25) is 5.91 Å². The zero-order valence-corrected chi connectivity index (χ0v) is 13.1. The van der Waals surface area contributed by atoms with E-state index in [1.165, 1.54) is 32.1 Å². The summed E-state index contributed by atoms with van der Waals surface area (Å²) < 4.78 is 0. The lowest BCUT2D eigenvalue weighted by Gasteiger charge is -2.16. The predicted octanol–water partition coefficient (Wildman–Crippen LogP) is 3.21. The molecule has 1 amide bonds. The first-order valence-corrected chi connectivity index (χ1v) is 8.62. The van der Waals surface area contributed by atoms with Gasteiger partial charge in [-0.2, -0.15) is 0 Å². The van der Waals surface area contributed by atoms with Crippen LogP contribution in [0.1, 0.15) is 64.7 Å². The first-order valence-electron chi connectivity index (χ1n) is 8.62. The van der Waals surface area contributed by atoms with Crippen LogP contribution in [0.15, 0.2) is 0 Å². The molecule has 0 bridgehead atoms. The van der Waals surface area contributed by atoms with Crippen LogP contribution in [0.2, 0.25) is 0 Å². The standard InChI is InChI=1S/C17H29NO3/c1-2-12-10-14(15(11-12)17(20)21)16(19)18-9-5-8-13-6-3-4-7-13/h12-15H,2-11H2,1H3,(H,18,19)(H,20,21)/t12?,14-,15+/m0/s1. The SMILES string of the molecule is CCC1C[C@H](C(=O)NCCCC2CCCC2)[C@H](C(=O)O)C1. The number of hydrogen-bond acceptors (Lipinski definition) is 2.